The van der Waals surface area contributed by atoms with E-state index in [1.807, 2.05) is 20.8 Å². The summed E-state index contributed by atoms with van der Waals surface area (Å²) < 4.78 is 12.1. The Labute approximate surface area is 244 Å². The minimum absolute atomic E-state index is 0.00184. The summed E-state index contributed by atoms with van der Waals surface area (Å²) in [6, 6.07) is 6.39. The topological polar surface area (TPSA) is 117 Å². The van der Waals surface area contributed by atoms with Crippen molar-refractivity contribution in [2.45, 2.75) is 110 Å². The van der Waals surface area contributed by atoms with Crippen molar-refractivity contribution in [1.29, 1.82) is 0 Å². The first kappa shape index (κ1) is 31.3. The van der Waals surface area contributed by atoms with E-state index in [-0.39, 0.29) is 29.7 Å². The molecule has 1 spiro atoms. The van der Waals surface area contributed by atoms with Crippen molar-refractivity contribution in [3.8, 4) is 5.75 Å². The molecule has 3 aliphatic rings. The number of rotatable bonds is 13. The minimum atomic E-state index is -1.02. The predicted octanol–water partition coefficient (Wildman–Crippen LogP) is 4.28. The number of aliphatic hydroxyl groups excluding tert-OH is 1. The number of carbonyl (C=O) groups is 3. The Kier molecular flexibility index (Phi) is 9.38. The molecule has 0 saturated carbocycles. The molecule has 228 valence electrons. The van der Waals surface area contributed by atoms with Crippen molar-refractivity contribution in [2.75, 3.05) is 25.1 Å². The van der Waals surface area contributed by atoms with Crippen molar-refractivity contribution in [3.05, 3.63) is 24.3 Å². The van der Waals surface area contributed by atoms with Gasteiger partial charge in [0.25, 0.3) is 0 Å². The van der Waals surface area contributed by atoms with Crippen LogP contribution < -0.4 is 15.4 Å². The Bertz CT molecular complexity index is 1100. The Morgan fingerprint density at radius 1 is 1.07 bits per heavy atom. The quantitative estimate of drug-likeness (QED) is 0.304. The van der Waals surface area contributed by atoms with Crippen LogP contribution in [-0.4, -0.2) is 70.8 Å². The number of benzene rings is 1. The highest BCUT2D eigenvalue weighted by Gasteiger charge is 2.74. The molecule has 3 N–H and O–H groups in total. The first-order chi connectivity index (χ1) is 19.3. The Morgan fingerprint density at radius 2 is 1.76 bits per heavy atom. The molecule has 0 radical (unpaired) electrons. The van der Waals surface area contributed by atoms with Crippen LogP contribution in [-0.2, 0) is 19.1 Å². The maximum Gasteiger partial charge on any atom is 0.246 e. The zero-order chi connectivity index (χ0) is 30.0. The molecule has 5 atom stereocenters. The van der Waals surface area contributed by atoms with Gasteiger partial charge in [-0.2, -0.15) is 0 Å². The highest BCUT2D eigenvalue weighted by atomic mass is 16.5. The van der Waals surface area contributed by atoms with Crippen LogP contribution in [0.1, 0.15) is 86.5 Å². The standard InChI is InChI=1S/C32H49N3O6/c1-7-40-22-14-12-21(13-15-22)33-27(37)24-23-16-17-32(41-23)25(24)29(39)35(18-10-8-9-11-19-36)26(32)28(38)34-31(5,6)20-30(2,3)4/h12-15,23-26,36H,7-11,16-20H2,1-6H3,(H,33,37)(H,34,38)/t23-,24+,25+,26?,32?/m1/s1. The van der Waals surface area contributed by atoms with Gasteiger partial charge in [-0.15, -0.1) is 0 Å². The largest absolute Gasteiger partial charge is 0.494 e. The monoisotopic (exact) mass is 571 g/mol. The maximum absolute atomic E-state index is 14.1. The summed E-state index contributed by atoms with van der Waals surface area (Å²) in [5.41, 5.74) is -0.877. The third kappa shape index (κ3) is 6.72. The predicted molar refractivity (Wildman–Crippen MR) is 157 cm³/mol. The number of hydrogen-bond acceptors (Lipinski definition) is 6. The summed E-state index contributed by atoms with van der Waals surface area (Å²) in [6.45, 7) is 13.5. The van der Waals surface area contributed by atoms with Gasteiger partial charge < -0.3 is 30.1 Å². The van der Waals surface area contributed by atoms with Gasteiger partial charge in [-0.05, 0) is 82.6 Å². The van der Waals surface area contributed by atoms with Gasteiger partial charge in [0, 0.05) is 24.4 Å². The fraction of sp³-hybridized carbons (Fsp3) is 0.719. The van der Waals surface area contributed by atoms with E-state index in [4.69, 9.17) is 14.6 Å². The van der Waals surface area contributed by atoms with Gasteiger partial charge in [-0.25, -0.2) is 0 Å². The van der Waals surface area contributed by atoms with Crippen molar-refractivity contribution < 1.29 is 29.0 Å². The van der Waals surface area contributed by atoms with Crippen LogP contribution in [0.4, 0.5) is 5.69 Å². The van der Waals surface area contributed by atoms with E-state index in [1.54, 1.807) is 29.2 Å². The second-order valence-corrected chi connectivity index (χ2v) is 13.8. The lowest BCUT2D eigenvalue weighted by Crippen LogP contribution is -2.59. The van der Waals surface area contributed by atoms with E-state index in [2.05, 4.69) is 31.4 Å². The number of likely N-dealkylation sites (tertiary alicyclic amines) is 1. The van der Waals surface area contributed by atoms with Crippen LogP contribution in [0.3, 0.4) is 0 Å². The molecule has 41 heavy (non-hydrogen) atoms. The molecule has 3 heterocycles. The third-order valence-corrected chi connectivity index (χ3v) is 8.53. The molecule has 2 unspecified atom stereocenters. The number of carbonyl (C=O) groups excluding carboxylic acids is 3. The second-order valence-electron chi connectivity index (χ2n) is 13.8. The van der Waals surface area contributed by atoms with Gasteiger partial charge in [0.1, 0.15) is 17.4 Å². The van der Waals surface area contributed by atoms with Crippen LogP contribution in [0, 0.1) is 17.3 Å². The molecule has 3 amide bonds. The average molecular weight is 572 g/mol. The summed E-state index contributed by atoms with van der Waals surface area (Å²) in [4.78, 5) is 43.6. The Balaban J connectivity index is 1.58. The van der Waals surface area contributed by atoms with E-state index in [9.17, 15) is 14.4 Å². The van der Waals surface area contributed by atoms with Gasteiger partial charge in [-0.3, -0.25) is 14.4 Å². The van der Waals surface area contributed by atoms with E-state index in [0.717, 1.165) is 31.4 Å². The number of nitrogens with one attached hydrogen (secondary N) is 2. The number of hydrogen-bond donors (Lipinski definition) is 3. The zero-order valence-corrected chi connectivity index (χ0v) is 25.6. The van der Waals surface area contributed by atoms with Gasteiger partial charge >= 0.3 is 0 Å². The van der Waals surface area contributed by atoms with Crippen LogP contribution >= 0.6 is 0 Å². The average Bonchev–Trinajstić information content (AvgIpc) is 3.51. The van der Waals surface area contributed by atoms with Gasteiger partial charge in [-0.1, -0.05) is 33.6 Å². The molecular weight excluding hydrogens is 522 g/mol. The van der Waals surface area contributed by atoms with Crippen molar-refractivity contribution in [2.24, 2.45) is 17.3 Å². The number of unbranched alkanes of at least 4 members (excludes halogenated alkanes) is 3. The van der Waals surface area contributed by atoms with E-state index < -0.39 is 35.1 Å². The molecule has 2 bridgehead atoms. The van der Waals surface area contributed by atoms with Crippen molar-refractivity contribution in [1.82, 2.24) is 10.2 Å². The summed E-state index contributed by atoms with van der Waals surface area (Å²) >= 11 is 0. The van der Waals surface area contributed by atoms with E-state index in [1.165, 1.54) is 0 Å². The highest BCUT2D eigenvalue weighted by Crippen LogP contribution is 2.58. The summed E-state index contributed by atoms with van der Waals surface area (Å²) in [5.74, 6) is -1.29. The molecule has 0 aromatic heterocycles. The molecule has 9 nitrogen and oxygen atoms in total. The number of aliphatic hydroxyl groups is 1. The minimum Gasteiger partial charge on any atom is -0.494 e. The second kappa shape index (κ2) is 12.3. The lowest BCUT2D eigenvalue weighted by atomic mass is 9.70. The van der Waals surface area contributed by atoms with Crippen molar-refractivity contribution >= 4 is 23.4 Å². The van der Waals surface area contributed by atoms with Gasteiger partial charge in [0.05, 0.1) is 24.5 Å². The summed E-state index contributed by atoms with van der Waals surface area (Å²) in [7, 11) is 0. The zero-order valence-electron chi connectivity index (χ0n) is 25.6. The molecule has 3 fully saturated rings. The highest BCUT2D eigenvalue weighted by molar-refractivity contribution is 6.02. The first-order valence-electron chi connectivity index (χ1n) is 15.3. The molecule has 3 saturated heterocycles. The number of anilines is 1. The normalized spacial score (nSPS) is 27.2. The Morgan fingerprint density at radius 3 is 2.39 bits per heavy atom. The van der Waals surface area contributed by atoms with Crippen LogP contribution in [0.25, 0.3) is 0 Å². The van der Waals surface area contributed by atoms with Gasteiger partial charge in [0.2, 0.25) is 17.7 Å². The van der Waals surface area contributed by atoms with Crippen LogP contribution in [0.5, 0.6) is 5.75 Å². The first-order valence-corrected chi connectivity index (χ1v) is 15.3. The molecule has 3 aliphatic heterocycles. The molecule has 1 aromatic rings. The Hall–Kier alpha value is -2.65. The number of nitrogens with zero attached hydrogens (tertiary/aromatic N) is 1. The van der Waals surface area contributed by atoms with Crippen LogP contribution in [0.15, 0.2) is 24.3 Å². The number of fused-ring (bicyclic) bond motifs is 1. The SMILES string of the molecule is CCOc1ccc(NC(=O)[C@@H]2[C@H]3C(=O)N(CCCCCCO)C(C(=O)NC(C)(C)CC(C)(C)C)C34CC[C@H]2O4)cc1. The molecule has 4 rings (SSSR count). The maximum atomic E-state index is 14.1. The van der Waals surface area contributed by atoms with Gasteiger partial charge in [0.15, 0.2) is 0 Å². The third-order valence-electron chi connectivity index (χ3n) is 8.53. The van der Waals surface area contributed by atoms with E-state index >= 15 is 0 Å². The number of amides is 3. The van der Waals surface area contributed by atoms with Crippen molar-refractivity contribution in [3.63, 3.8) is 0 Å². The molecular formula is C32H49N3O6. The van der Waals surface area contributed by atoms with E-state index in [0.29, 0.717) is 38.1 Å². The molecule has 9 heteroatoms. The van der Waals surface area contributed by atoms with Crippen LogP contribution in [0.2, 0.25) is 0 Å². The summed E-state index contributed by atoms with van der Waals surface area (Å²) in [6.07, 6.45) is 4.69. The summed E-state index contributed by atoms with van der Waals surface area (Å²) in [5, 5.41) is 15.4. The number of ether oxygens (including phenoxy) is 2. The lowest BCUT2D eigenvalue weighted by molar-refractivity contribution is -0.142. The fourth-order valence-electron chi connectivity index (χ4n) is 7.54. The molecule has 0 aliphatic carbocycles. The smallest absolute Gasteiger partial charge is 0.246 e. The molecule has 1 aromatic carbocycles. The fourth-order valence-corrected chi connectivity index (χ4v) is 7.54. The lowest BCUT2D eigenvalue weighted by Gasteiger charge is -2.38.